The highest BCUT2D eigenvalue weighted by Gasteiger charge is 2.24. The number of carbonyl (C=O) groups excluding carboxylic acids is 1. The molecule has 1 saturated heterocycles. The highest BCUT2D eigenvalue weighted by Crippen LogP contribution is 2.32. The van der Waals surface area contributed by atoms with Crippen molar-refractivity contribution in [2.45, 2.75) is 26.9 Å². The molecule has 0 radical (unpaired) electrons. The van der Waals surface area contributed by atoms with Gasteiger partial charge in [-0.2, -0.15) is 0 Å². The Bertz CT molecular complexity index is 1200. The monoisotopic (exact) mass is 458 g/mol. The SMILES string of the molecule is CCc1ccc(N=C2NC(=O)/C(=C/c3ccc(OCc4ccc(C)cc4)c(OC)c3)S2)cc1. The minimum Gasteiger partial charge on any atom is -0.493 e. The van der Waals surface area contributed by atoms with E-state index in [2.05, 4.69) is 36.3 Å². The Hall–Kier alpha value is -3.51. The lowest BCUT2D eigenvalue weighted by atomic mass is 10.1. The Morgan fingerprint density at radius 3 is 2.39 bits per heavy atom. The molecule has 3 aromatic rings. The van der Waals surface area contributed by atoms with Crippen molar-refractivity contribution in [1.29, 1.82) is 0 Å². The van der Waals surface area contributed by atoms with Gasteiger partial charge >= 0.3 is 0 Å². The number of thioether (sulfide) groups is 1. The lowest BCUT2D eigenvalue weighted by Crippen LogP contribution is -2.19. The van der Waals surface area contributed by atoms with Crippen molar-refractivity contribution < 1.29 is 14.3 Å². The molecule has 0 atom stereocenters. The molecule has 1 heterocycles. The van der Waals surface area contributed by atoms with Gasteiger partial charge in [-0.25, -0.2) is 4.99 Å². The van der Waals surface area contributed by atoms with Crippen LogP contribution in [-0.2, 0) is 17.8 Å². The third kappa shape index (κ3) is 5.84. The molecule has 1 aliphatic rings. The van der Waals surface area contributed by atoms with Crippen LogP contribution in [0.15, 0.2) is 76.6 Å². The summed E-state index contributed by atoms with van der Waals surface area (Å²) >= 11 is 1.32. The standard InChI is InChI=1S/C27H26N2O3S/c1-4-19-9-12-22(13-10-19)28-27-29-26(30)25(33-27)16-21-11-14-23(24(15-21)31-3)32-17-20-7-5-18(2)6-8-20/h5-16H,4,17H2,1-3H3,(H,28,29,30)/b25-16-. The van der Waals surface area contributed by atoms with E-state index in [0.717, 1.165) is 23.2 Å². The second-order valence-electron chi connectivity index (χ2n) is 7.69. The second-order valence-corrected chi connectivity index (χ2v) is 8.72. The summed E-state index contributed by atoms with van der Waals surface area (Å²) in [6.07, 6.45) is 2.81. The normalized spacial score (nSPS) is 15.7. The van der Waals surface area contributed by atoms with Crippen LogP contribution in [0.3, 0.4) is 0 Å². The molecule has 0 spiro atoms. The summed E-state index contributed by atoms with van der Waals surface area (Å²) in [7, 11) is 1.61. The molecule has 168 valence electrons. The Kier molecular flexibility index (Phi) is 7.15. The number of hydrogen-bond acceptors (Lipinski definition) is 5. The topological polar surface area (TPSA) is 59.9 Å². The predicted molar refractivity (Wildman–Crippen MR) is 135 cm³/mol. The van der Waals surface area contributed by atoms with Crippen LogP contribution in [0.4, 0.5) is 5.69 Å². The zero-order chi connectivity index (χ0) is 23.2. The summed E-state index contributed by atoms with van der Waals surface area (Å²) in [5.74, 6) is 1.11. The van der Waals surface area contributed by atoms with Crippen molar-refractivity contribution in [3.05, 3.63) is 93.9 Å². The average molecular weight is 459 g/mol. The van der Waals surface area contributed by atoms with E-state index in [1.807, 2.05) is 60.7 Å². The molecular formula is C27H26N2O3S. The molecule has 1 amide bonds. The van der Waals surface area contributed by atoms with Gasteiger partial charge in [-0.15, -0.1) is 0 Å². The summed E-state index contributed by atoms with van der Waals surface area (Å²) in [6.45, 7) is 4.62. The fourth-order valence-corrected chi connectivity index (χ4v) is 4.14. The molecule has 1 aliphatic heterocycles. The molecule has 1 fully saturated rings. The number of rotatable bonds is 7. The van der Waals surface area contributed by atoms with Crippen molar-refractivity contribution in [3.8, 4) is 11.5 Å². The smallest absolute Gasteiger partial charge is 0.264 e. The van der Waals surface area contributed by atoms with Crippen molar-refractivity contribution in [1.82, 2.24) is 5.32 Å². The highest BCUT2D eigenvalue weighted by molar-refractivity contribution is 8.18. The van der Waals surface area contributed by atoms with E-state index < -0.39 is 0 Å². The number of aliphatic imine (C=N–C) groups is 1. The molecule has 4 rings (SSSR count). The van der Waals surface area contributed by atoms with Gasteiger partial charge in [0.1, 0.15) is 6.61 Å². The first-order valence-corrected chi connectivity index (χ1v) is 11.6. The van der Waals surface area contributed by atoms with E-state index in [9.17, 15) is 4.79 Å². The van der Waals surface area contributed by atoms with Crippen molar-refractivity contribution in [3.63, 3.8) is 0 Å². The van der Waals surface area contributed by atoms with E-state index in [1.54, 1.807) is 7.11 Å². The first-order chi connectivity index (χ1) is 16.0. The summed E-state index contributed by atoms with van der Waals surface area (Å²) in [6, 6.07) is 21.9. The molecule has 0 bridgehead atoms. The lowest BCUT2D eigenvalue weighted by molar-refractivity contribution is -0.115. The van der Waals surface area contributed by atoms with E-state index in [0.29, 0.717) is 28.2 Å². The second kappa shape index (κ2) is 10.4. The van der Waals surface area contributed by atoms with Crippen LogP contribution in [0.1, 0.15) is 29.2 Å². The Labute approximate surface area is 198 Å². The number of ether oxygens (including phenoxy) is 2. The molecule has 6 heteroatoms. The number of nitrogens with zero attached hydrogens (tertiary/aromatic N) is 1. The van der Waals surface area contributed by atoms with Gasteiger partial charge in [0.25, 0.3) is 5.91 Å². The van der Waals surface area contributed by atoms with Gasteiger partial charge in [0.2, 0.25) is 0 Å². The highest BCUT2D eigenvalue weighted by atomic mass is 32.2. The Morgan fingerprint density at radius 2 is 1.70 bits per heavy atom. The predicted octanol–water partition coefficient (Wildman–Crippen LogP) is 6.04. The number of nitrogens with one attached hydrogen (secondary N) is 1. The van der Waals surface area contributed by atoms with Crippen LogP contribution < -0.4 is 14.8 Å². The van der Waals surface area contributed by atoms with Crippen LogP contribution in [0.5, 0.6) is 11.5 Å². The summed E-state index contributed by atoms with van der Waals surface area (Å²) in [4.78, 5) is 17.6. The van der Waals surface area contributed by atoms with Crippen LogP contribution >= 0.6 is 11.8 Å². The minimum absolute atomic E-state index is 0.164. The minimum atomic E-state index is -0.164. The Morgan fingerprint density at radius 1 is 0.970 bits per heavy atom. The van der Waals surface area contributed by atoms with Gasteiger partial charge in [0.15, 0.2) is 16.7 Å². The van der Waals surface area contributed by atoms with E-state index in [1.165, 1.54) is 22.9 Å². The van der Waals surface area contributed by atoms with Crippen molar-refractivity contribution in [2.75, 3.05) is 7.11 Å². The summed E-state index contributed by atoms with van der Waals surface area (Å²) in [5, 5.41) is 3.40. The quantitative estimate of drug-likeness (QED) is 0.439. The molecular weight excluding hydrogens is 432 g/mol. The molecule has 0 aromatic heterocycles. The maximum atomic E-state index is 12.4. The summed E-state index contributed by atoms with van der Waals surface area (Å²) < 4.78 is 11.5. The van der Waals surface area contributed by atoms with Crippen LogP contribution in [0, 0.1) is 6.92 Å². The number of hydrogen-bond donors (Lipinski definition) is 1. The summed E-state index contributed by atoms with van der Waals surface area (Å²) in [5.41, 5.74) is 5.21. The number of aryl methyl sites for hydroxylation is 2. The van der Waals surface area contributed by atoms with Crippen LogP contribution in [0.25, 0.3) is 6.08 Å². The van der Waals surface area contributed by atoms with Crippen molar-refractivity contribution in [2.24, 2.45) is 4.99 Å². The average Bonchev–Trinajstić information content (AvgIpc) is 3.17. The Balaban J connectivity index is 1.46. The molecule has 1 N–H and O–H groups in total. The van der Waals surface area contributed by atoms with Crippen LogP contribution in [0.2, 0.25) is 0 Å². The fourth-order valence-electron chi connectivity index (χ4n) is 3.29. The zero-order valence-corrected chi connectivity index (χ0v) is 19.7. The molecule has 33 heavy (non-hydrogen) atoms. The van der Waals surface area contributed by atoms with Gasteiger partial charge in [-0.3, -0.25) is 4.79 Å². The molecule has 0 aliphatic carbocycles. The molecule has 5 nitrogen and oxygen atoms in total. The van der Waals surface area contributed by atoms with Gasteiger partial charge in [0.05, 0.1) is 17.7 Å². The first-order valence-electron chi connectivity index (χ1n) is 10.8. The third-order valence-electron chi connectivity index (χ3n) is 5.23. The number of benzene rings is 3. The number of methoxy groups -OCH3 is 1. The van der Waals surface area contributed by atoms with Gasteiger partial charge in [-0.05, 0) is 72.1 Å². The number of amidine groups is 1. The van der Waals surface area contributed by atoms with E-state index >= 15 is 0 Å². The van der Waals surface area contributed by atoms with Gasteiger partial charge in [0, 0.05) is 0 Å². The van der Waals surface area contributed by atoms with Gasteiger partial charge in [-0.1, -0.05) is 55.0 Å². The van der Waals surface area contributed by atoms with Crippen molar-refractivity contribution >= 4 is 34.6 Å². The van der Waals surface area contributed by atoms with E-state index in [4.69, 9.17) is 9.47 Å². The van der Waals surface area contributed by atoms with E-state index in [-0.39, 0.29) is 5.91 Å². The first kappa shape index (κ1) is 22.7. The molecule has 0 saturated carbocycles. The molecule has 0 unspecified atom stereocenters. The third-order valence-corrected chi connectivity index (χ3v) is 6.14. The fraction of sp³-hybridized carbons (Fsp3) is 0.185. The number of amides is 1. The lowest BCUT2D eigenvalue weighted by Gasteiger charge is -2.11. The zero-order valence-electron chi connectivity index (χ0n) is 18.9. The van der Waals surface area contributed by atoms with Crippen LogP contribution in [-0.4, -0.2) is 18.2 Å². The largest absolute Gasteiger partial charge is 0.493 e. The molecule has 3 aromatic carbocycles. The maximum Gasteiger partial charge on any atom is 0.264 e. The maximum absolute atomic E-state index is 12.4. The van der Waals surface area contributed by atoms with Gasteiger partial charge < -0.3 is 14.8 Å². The number of carbonyl (C=O) groups is 1.